The molecule has 0 atom stereocenters. The van der Waals surface area contributed by atoms with E-state index in [2.05, 4.69) is 45.7 Å². The van der Waals surface area contributed by atoms with Crippen LogP contribution >= 0.6 is 15.9 Å². The first-order valence-electron chi connectivity index (χ1n) is 8.10. The fourth-order valence-electron chi connectivity index (χ4n) is 2.95. The standard InChI is InChI=1S/C19H17BrFN3.CO2/c1-11(2)24(14-5-7-16(20)17(21)9-14)19-12(3)15-6-4-13(10-22)8-18(15)23-19;2-1-3/h4-9,11,23H,1-3H3;. The van der Waals surface area contributed by atoms with Gasteiger partial charge < -0.3 is 9.88 Å². The lowest BCUT2D eigenvalue weighted by Gasteiger charge is -2.28. The normalized spacial score (nSPS) is 10.1. The minimum Gasteiger partial charge on any atom is -0.341 e. The number of anilines is 2. The molecule has 2 aromatic carbocycles. The van der Waals surface area contributed by atoms with E-state index in [1.165, 1.54) is 6.07 Å². The fraction of sp³-hybridized carbons (Fsp3) is 0.200. The number of nitrogens with one attached hydrogen (secondary N) is 1. The average molecular weight is 430 g/mol. The SMILES string of the molecule is Cc1c(N(c2ccc(Br)c(F)c2)C(C)C)[nH]c2cc(C#N)ccc12.O=C=O. The summed E-state index contributed by atoms with van der Waals surface area (Å²) >= 11 is 3.20. The molecule has 0 aliphatic carbocycles. The van der Waals surface area contributed by atoms with Crippen LogP contribution in [0.2, 0.25) is 0 Å². The van der Waals surface area contributed by atoms with E-state index in [0.717, 1.165) is 28.0 Å². The summed E-state index contributed by atoms with van der Waals surface area (Å²) in [7, 11) is 0. The van der Waals surface area contributed by atoms with Gasteiger partial charge in [-0.25, -0.2) is 4.39 Å². The van der Waals surface area contributed by atoms with Crippen molar-refractivity contribution < 1.29 is 14.0 Å². The molecule has 0 spiro atoms. The Kier molecular flexibility index (Phi) is 6.51. The maximum atomic E-state index is 14.0. The minimum atomic E-state index is -0.293. The van der Waals surface area contributed by atoms with Crippen molar-refractivity contribution in [3.8, 4) is 6.07 Å². The van der Waals surface area contributed by atoms with E-state index < -0.39 is 0 Å². The first-order valence-corrected chi connectivity index (χ1v) is 8.89. The summed E-state index contributed by atoms with van der Waals surface area (Å²) in [6, 6.07) is 13.0. The number of fused-ring (bicyclic) bond motifs is 1. The first kappa shape index (κ1) is 20.4. The summed E-state index contributed by atoms with van der Waals surface area (Å²) < 4.78 is 14.4. The largest absolute Gasteiger partial charge is 0.373 e. The minimum absolute atomic E-state index is 0.132. The molecule has 0 saturated carbocycles. The Morgan fingerprint density at radius 2 is 1.85 bits per heavy atom. The van der Waals surface area contributed by atoms with Crippen molar-refractivity contribution in [1.82, 2.24) is 4.98 Å². The van der Waals surface area contributed by atoms with Gasteiger partial charge in [-0.2, -0.15) is 14.9 Å². The van der Waals surface area contributed by atoms with Crippen LogP contribution in [0, 0.1) is 24.1 Å². The Balaban J connectivity index is 0.000000817. The van der Waals surface area contributed by atoms with Crippen molar-refractivity contribution in [2.24, 2.45) is 0 Å². The van der Waals surface area contributed by atoms with Gasteiger partial charge in [0.15, 0.2) is 0 Å². The maximum Gasteiger partial charge on any atom is 0.373 e. The van der Waals surface area contributed by atoms with Crippen LogP contribution in [-0.2, 0) is 9.59 Å². The molecule has 0 unspecified atom stereocenters. The third kappa shape index (κ3) is 4.25. The van der Waals surface area contributed by atoms with Gasteiger partial charge in [0, 0.05) is 22.6 Å². The highest BCUT2D eigenvalue weighted by Gasteiger charge is 2.20. The molecule has 1 heterocycles. The summed E-state index contributed by atoms with van der Waals surface area (Å²) in [5.41, 5.74) is 3.37. The molecule has 0 amide bonds. The highest BCUT2D eigenvalue weighted by molar-refractivity contribution is 9.10. The number of hydrogen-bond donors (Lipinski definition) is 1. The van der Waals surface area contributed by atoms with Crippen molar-refractivity contribution in [2.75, 3.05) is 4.90 Å². The van der Waals surface area contributed by atoms with E-state index >= 15 is 0 Å². The highest BCUT2D eigenvalue weighted by atomic mass is 79.9. The van der Waals surface area contributed by atoms with Gasteiger partial charge in [0.05, 0.1) is 16.1 Å². The number of nitrogens with zero attached hydrogens (tertiary/aromatic N) is 2. The third-order valence-corrected chi connectivity index (χ3v) is 4.74. The lowest BCUT2D eigenvalue weighted by atomic mass is 10.1. The Morgan fingerprint density at radius 1 is 1.19 bits per heavy atom. The van der Waals surface area contributed by atoms with Gasteiger partial charge in [0.2, 0.25) is 0 Å². The monoisotopic (exact) mass is 429 g/mol. The molecule has 0 aliphatic heterocycles. The third-order valence-electron chi connectivity index (χ3n) is 4.10. The Hall–Kier alpha value is -2.94. The van der Waals surface area contributed by atoms with Crippen LogP contribution in [0.1, 0.15) is 25.0 Å². The number of benzene rings is 2. The molecule has 0 radical (unpaired) electrons. The van der Waals surface area contributed by atoms with Crippen LogP contribution in [0.25, 0.3) is 10.9 Å². The highest BCUT2D eigenvalue weighted by Crippen LogP contribution is 2.35. The van der Waals surface area contributed by atoms with Crippen molar-refractivity contribution in [2.45, 2.75) is 26.8 Å². The number of aryl methyl sites for hydroxylation is 1. The van der Waals surface area contributed by atoms with Crippen molar-refractivity contribution in [3.63, 3.8) is 0 Å². The molecule has 3 rings (SSSR count). The summed E-state index contributed by atoms with van der Waals surface area (Å²) in [6.07, 6.45) is 0.250. The molecule has 0 fully saturated rings. The first-order chi connectivity index (χ1) is 12.8. The van der Waals surface area contributed by atoms with Crippen LogP contribution in [0.3, 0.4) is 0 Å². The Labute approximate surface area is 164 Å². The van der Waals surface area contributed by atoms with E-state index in [-0.39, 0.29) is 18.0 Å². The van der Waals surface area contributed by atoms with E-state index in [1.807, 2.05) is 31.2 Å². The molecular formula is C20H17BrFN3O2. The van der Waals surface area contributed by atoms with Gasteiger partial charge in [0.25, 0.3) is 0 Å². The molecular weight excluding hydrogens is 413 g/mol. The van der Waals surface area contributed by atoms with Crippen LogP contribution in [0.15, 0.2) is 40.9 Å². The number of hydrogen-bond acceptors (Lipinski definition) is 4. The molecule has 0 aliphatic rings. The number of rotatable bonds is 3. The summed E-state index contributed by atoms with van der Waals surface area (Å²) in [6.45, 7) is 6.15. The van der Waals surface area contributed by atoms with Gasteiger partial charge in [-0.15, -0.1) is 0 Å². The number of aromatic nitrogens is 1. The molecule has 138 valence electrons. The zero-order valence-electron chi connectivity index (χ0n) is 15.0. The van der Waals surface area contributed by atoms with E-state index in [1.54, 1.807) is 6.07 Å². The number of aromatic amines is 1. The van der Waals surface area contributed by atoms with Gasteiger partial charge in [0.1, 0.15) is 11.6 Å². The Morgan fingerprint density at radius 3 is 2.41 bits per heavy atom. The molecule has 3 aromatic rings. The summed E-state index contributed by atoms with van der Waals surface area (Å²) in [5, 5.41) is 10.1. The molecule has 0 bridgehead atoms. The number of carbonyl (C=O) groups excluding carboxylic acids is 2. The molecule has 5 nitrogen and oxygen atoms in total. The predicted octanol–water partition coefficient (Wildman–Crippen LogP) is 5.21. The summed E-state index contributed by atoms with van der Waals surface area (Å²) in [5.74, 6) is 0.621. The fourth-order valence-corrected chi connectivity index (χ4v) is 3.20. The average Bonchev–Trinajstić information content (AvgIpc) is 2.94. The molecule has 0 saturated heterocycles. The molecule has 1 N–H and O–H groups in total. The van der Waals surface area contributed by atoms with Crippen LogP contribution in [0.4, 0.5) is 15.9 Å². The molecule has 7 heteroatoms. The predicted molar refractivity (Wildman–Crippen MR) is 104 cm³/mol. The number of H-pyrrole nitrogens is 1. The Bertz CT molecular complexity index is 1050. The number of nitriles is 1. The van der Waals surface area contributed by atoms with Crippen molar-refractivity contribution in [1.29, 1.82) is 5.26 Å². The number of halogens is 2. The molecule has 27 heavy (non-hydrogen) atoms. The lowest BCUT2D eigenvalue weighted by Crippen LogP contribution is -2.26. The van der Waals surface area contributed by atoms with E-state index in [0.29, 0.717) is 10.0 Å². The second kappa shape index (κ2) is 8.63. The van der Waals surface area contributed by atoms with Gasteiger partial charge in [-0.3, -0.25) is 0 Å². The second-order valence-electron chi connectivity index (χ2n) is 6.12. The smallest absolute Gasteiger partial charge is 0.341 e. The van der Waals surface area contributed by atoms with Gasteiger partial charge in [-0.1, -0.05) is 6.07 Å². The lowest BCUT2D eigenvalue weighted by molar-refractivity contribution is -0.191. The van der Waals surface area contributed by atoms with Crippen LogP contribution in [0.5, 0.6) is 0 Å². The van der Waals surface area contributed by atoms with E-state index in [4.69, 9.17) is 14.9 Å². The van der Waals surface area contributed by atoms with Crippen LogP contribution in [-0.4, -0.2) is 17.2 Å². The van der Waals surface area contributed by atoms with Gasteiger partial charge >= 0.3 is 6.15 Å². The van der Waals surface area contributed by atoms with Crippen LogP contribution < -0.4 is 4.90 Å². The molecule has 1 aromatic heterocycles. The second-order valence-corrected chi connectivity index (χ2v) is 6.97. The quantitative estimate of drug-likeness (QED) is 0.619. The van der Waals surface area contributed by atoms with Crippen molar-refractivity contribution in [3.05, 3.63) is 57.8 Å². The van der Waals surface area contributed by atoms with E-state index in [9.17, 15) is 4.39 Å². The van der Waals surface area contributed by atoms with Gasteiger partial charge in [-0.05, 0) is 72.6 Å². The van der Waals surface area contributed by atoms with Crippen molar-refractivity contribution >= 4 is 44.5 Å². The summed E-state index contributed by atoms with van der Waals surface area (Å²) in [4.78, 5) is 21.7. The maximum absolute atomic E-state index is 14.0. The zero-order chi connectivity index (χ0) is 20.1. The zero-order valence-corrected chi connectivity index (χ0v) is 16.6. The topological polar surface area (TPSA) is 77.0 Å².